The van der Waals surface area contributed by atoms with Gasteiger partial charge in [0.05, 0.1) is 34.9 Å². The molecule has 7 nitrogen and oxygen atoms in total. The van der Waals surface area contributed by atoms with E-state index in [1.54, 1.807) is 19.1 Å². The van der Waals surface area contributed by atoms with Crippen LogP contribution in [0.1, 0.15) is 22.8 Å². The molecule has 0 unspecified atom stereocenters. The van der Waals surface area contributed by atoms with Gasteiger partial charge in [0.25, 0.3) is 0 Å². The zero-order valence-electron chi connectivity index (χ0n) is 21.4. The van der Waals surface area contributed by atoms with E-state index in [1.807, 2.05) is 103 Å². The topological polar surface area (TPSA) is 85.0 Å². The van der Waals surface area contributed by atoms with Gasteiger partial charge < -0.3 is 9.47 Å². The smallest absolute Gasteiger partial charge is 0.338 e. The number of carbonyl (C=O) groups excluding carboxylic acids is 1. The molecule has 39 heavy (non-hydrogen) atoms. The summed E-state index contributed by atoms with van der Waals surface area (Å²) in [5, 5.41) is 19.6. The van der Waals surface area contributed by atoms with E-state index in [4.69, 9.17) is 9.47 Å². The zero-order valence-corrected chi connectivity index (χ0v) is 21.4. The maximum absolute atomic E-state index is 11.8. The summed E-state index contributed by atoms with van der Waals surface area (Å²) in [4.78, 5) is 11.8. The van der Waals surface area contributed by atoms with Crippen molar-refractivity contribution >= 4 is 39.5 Å². The molecule has 0 bridgehead atoms. The van der Waals surface area contributed by atoms with Crippen molar-refractivity contribution in [2.75, 3.05) is 6.61 Å². The second-order valence-corrected chi connectivity index (χ2v) is 8.58. The van der Waals surface area contributed by atoms with Gasteiger partial charge in [-0.25, -0.2) is 4.79 Å². The van der Waals surface area contributed by atoms with Gasteiger partial charge >= 0.3 is 5.97 Å². The van der Waals surface area contributed by atoms with E-state index in [0.29, 0.717) is 30.2 Å². The highest BCUT2D eigenvalue weighted by Crippen LogP contribution is 2.35. The van der Waals surface area contributed by atoms with E-state index < -0.39 is 0 Å². The van der Waals surface area contributed by atoms with Crippen molar-refractivity contribution < 1.29 is 14.3 Å². The quantitative estimate of drug-likeness (QED) is 0.145. The second-order valence-electron chi connectivity index (χ2n) is 8.58. The van der Waals surface area contributed by atoms with Crippen molar-refractivity contribution in [3.63, 3.8) is 0 Å². The lowest BCUT2D eigenvalue weighted by Gasteiger charge is -2.07. The first-order valence-corrected chi connectivity index (χ1v) is 12.6. The third-order valence-electron chi connectivity index (χ3n) is 5.89. The molecule has 0 aliphatic rings. The Kier molecular flexibility index (Phi) is 8.09. The number of fused-ring (bicyclic) bond motifs is 1. The first-order valence-electron chi connectivity index (χ1n) is 12.6. The highest BCUT2D eigenvalue weighted by Gasteiger charge is 2.07. The normalized spacial score (nSPS) is 11.3. The Bertz CT molecular complexity index is 1610. The van der Waals surface area contributed by atoms with Crippen LogP contribution in [-0.4, -0.2) is 12.6 Å². The average Bonchev–Trinajstić information content (AvgIpc) is 2.99. The lowest BCUT2D eigenvalue weighted by atomic mass is 10.1. The predicted molar refractivity (Wildman–Crippen MR) is 152 cm³/mol. The van der Waals surface area contributed by atoms with Crippen LogP contribution in [0.15, 0.2) is 136 Å². The van der Waals surface area contributed by atoms with Gasteiger partial charge in [-0.1, -0.05) is 54.6 Å². The van der Waals surface area contributed by atoms with Gasteiger partial charge in [-0.2, -0.15) is 10.2 Å². The number of esters is 1. The van der Waals surface area contributed by atoms with Crippen molar-refractivity contribution in [2.45, 2.75) is 13.5 Å². The molecule has 0 aliphatic heterocycles. The van der Waals surface area contributed by atoms with Gasteiger partial charge in [-0.05, 0) is 73.2 Å². The summed E-state index contributed by atoms with van der Waals surface area (Å²) in [5.41, 5.74) is 4.49. The van der Waals surface area contributed by atoms with Crippen LogP contribution >= 0.6 is 0 Å². The highest BCUT2D eigenvalue weighted by atomic mass is 16.5. The Morgan fingerprint density at radius 2 is 1.18 bits per heavy atom. The fourth-order valence-corrected chi connectivity index (χ4v) is 3.89. The first-order chi connectivity index (χ1) is 19.2. The second kappa shape index (κ2) is 12.4. The van der Waals surface area contributed by atoms with Gasteiger partial charge in [0.2, 0.25) is 0 Å². The van der Waals surface area contributed by atoms with E-state index in [9.17, 15) is 4.79 Å². The minimum absolute atomic E-state index is 0.327. The number of benzene rings is 5. The van der Waals surface area contributed by atoms with Crippen molar-refractivity contribution in [1.29, 1.82) is 0 Å². The van der Waals surface area contributed by atoms with Crippen LogP contribution < -0.4 is 4.74 Å². The van der Waals surface area contributed by atoms with E-state index in [0.717, 1.165) is 33.4 Å². The first kappa shape index (κ1) is 25.5. The number of hydrogen-bond acceptors (Lipinski definition) is 7. The summed E-state index contributed by atoms with van der Waals surface area (Å²) >= 11 is 0. The van der Waals surface area contributed by atoms with Crippen LogP contribution in [0.4, 0.5) is 22.7 Å². The molecule has 0 radical (unpaired) electrons. The molecule has 0 heterocycles. The molecule has 0 amide bonds. The number of rotatable bonds is 9. The molecule has 0 aromatic heterocycles. The summed E-state index contributed by atoms with van der Waals surface area (Å²) in [6.45, 7) is 2.52. The maximum atomic E-state index is 11.8. The monoisotopic (exact) mass is 514 g/mol. The minimum atomic E-state index is -0.327. The number of ether oxygens (including phenoxy) is 2. The molecule has 192 valence electrons. The van der Waals surface area contributed by atoms with Gasteiger partial charge in [-0.15, -0.1) is 10.2 Å². The number of carbonyl (C=O) groups is 1. The number of azo groups is 2. The van der Waals surface area contributed by atoms with E-state index >= 15 is 0 Å². The van der Waals surface area contributed by atoms with E-state index in [1.165, 1.54) is 0 Å². The third kappa shape index (κ3) is 6.59. The molecule has 0 saturated heterocycles. The lowest BCUT2D eigenvalue weighted by Crippen LogP contribution is -2.04. The summed E-state index contributed by atoms with van der Waals surface area (Å²) in [6.07, 6.45) is 0. The summed E-state index contributed by atoms with van der Waals surface area (Å²) in [7, 11) is 0. The largest absolute Gasteiger partial charge is 0.489 e. The molecule has 0 fully saturated rings. The highest BCUT2D eigenvalue weighted by molar-refractivity contribution is 5.99. The van der Waals surface area contributed by atoms with Crippen molar-refractivity contribution in [1.82, 2.24) is 0 Å². The Morgan fingerprint density at radius 3 is 1.77 bits per heavy atom. The Hall–Kier alpha value is -5.17. The van der Waals surface area contributed by atoms with Crippen molar-refractivity contribution in [2.24, 2.45) is 20.5 Å². The van der Waals surface area contributed by atoms with Crippen LogP contribution in [0.5, 0.6) is 5.75 Å². The van der Waals surface area contributed by atoms with Crippen LogP contribution in [0.2, 0.25) is 0 Å². The molecule has 5 aromatic carbocycles. The standard InChI is InChI=1S/C32H26N4O3/c1-2-38-32(37)24-14-12-23(13-15-24)22-39-27-18-16-26(17-19-27)34-36-31-21-20-30(28-10-6-7-11-29(28)31)35-33-25-8-4-3-5-9-25/h3-21H,2,22H2,1H3/b35-33+,36-34+. The number of hydrogen-bond donors (Lipinski definition) is 0. The molecule has 0 spiro atoms. The molecule has 0 atom stereocenters. The lowest BCUT2D eigenvalue weighted by molar-refractivity contribution is 0.0526. The van der Waals surface area contributed by atoms with Gasteiger partial charge in [0.1, 0.15) is 12.4 Å². The van der Waals surface area contributed by atoms with Crippen molar-refractivity contribution in [3.05, 3.63) is 126 Å². The minimum Gasteiger partial charge on any atom is -0.489 e. The van der Waals surface area contributed by atoms with Crippen molar-refractivity contribution in [3.8, 4) is 5.75 Å². The van der Waals surface area contributed by atoms with E-state index in [2.05, 4.69) is 20.5 Å². The molecular weight excluding hydrogens is 488 g/mol. The summed E-state index contributed by atoms with van der Waals surface area (Å²) < 4.78 is 10.9. The summed E-state index contributed by atoms with van der Waals surface area (Å²) in [6, 6.07) is 36.0. The predicted octanol–water partition coefficient (Wildman–Crippen LogP) is 9.43. The molecule has 0 N–H and O–H groups in total. The maximum Gasteiger partial charge on any atom is 0.338 e. The van der Waals surface area contributed by atoms with Crippen LogP contribution in [0.3, 0.4) is 0 Å². The SMILES string of the molecule is CCOC(=O)c1ccc(COc2ccc(/N=N/c3ccc(/N=N/c4ccccc4)c4ccccc34)cc2)cc1. The van der Waals surface area contributed by atoms with E-state index in [-0.39, 0.29) is 5.97 Å². The Morgan fingerprint density at radius 1 is 0.615 bits per heavy atom. The zero-order chi connectivity index (χ0) is 26.9. The van der Waals surface area contributed by atoms with Gasteiger partial charge in [0, 0.05) is 10.8 Å². The molecule has 5 rings (SSSR count). The summed E-state index contributed by atoms with van der Waals surface area (Å²) in [5.74, 6) is 0.384. The van der Waals surface area contributed by atoms with Crippen LogP contribution in [0.25, 0.3) is 10.8 Å². The van der Waals surface area contributed by atoms with Gasteiger partial charge in [-0.3, -0.25) is 0 Å². The number of nitrogens with zero attached hydrogens (tertiary/aromatic N) is 4. The molecule has 5 aromatic rings. The fourth-order valence-electron chi connectivity index (χ4n) is 3.89. The van der Waals surface area contributed by atoms with Crippen LogP contribution in [-0.2, 0) is 11.3 Å². The molecule has 7 heteroatoms. The van der Waals surface area contributed by atoms with Crippen LogP contribution in [0, 0.1) is 0 Å². The Balaban J connectivity index is 1.24. The fraction of sp³-hybridized carbons (Fsp3) is 0.0938. The molecule has 0 aliphatic carbocycles. The van der Waals surface area contributed by atoms with Gasteiger partial charge in [0.15, 0.2) is 0 Å². The third-order valence-corrected chi connectivity index (χ3v) is 5.89. The molecular formula is C32H26N4O3. The Labute approximate surface area is 226 Å². The average molecular weight is 515 g/mol. The molecule has 0 saturated carbocycles.